The predicted molar refractivity (Wildman–Crippen MR) is 156 cm³/mol. The van der Waals surface area contributed by atoms with Crippen molar-refractivity contribution in [3.63, 3.8) is 0 Å². The Morgan fingerprint density at radius 1 is 0.878 bits per heavy atom. The second-order valence-electron chi connectivity index (χ2n) is 11.0. The first-order chi connectivity index (χ1) is 20.0. The zero-order valence-electron chi connectivity index (χ0n) is 23.3. The average Bonchev–Trinajstić information content (AvgIpc) is 2.99. The van der Waals surface area contributed by atoms with E-state index in [0.29, 0.717) is 29.7 Å². The second-order valence-corrected chi connectivity index (χ2v) is 11.0. The number of fused-ring (bicyclic) bond motifs is 1. The molecule has 1 heterocycles. The van der Waals surface area contributed by atoms with Gasteiger partial charge in [0.25, 0.3) is 0 Å². The Morgan fingerprint density at radius 3 is 2.29 bits per heavy atom. The molecule has 7 nitrogen and oxygen atoms in total. The molecule has 0 aromatic heterocycles. The monoisotopic (exact) mass is 559 g/mol. The summed E-state index contributed by atoms with van der Waals surface area (Å²) in [7, 11) is 0. The molecular formula is C33H38FN3O4. The molecular weight excluding hydrogens is 521 g/mol. The van der Waals surface area contributed by atoms with Crippen molar-refractivity contribution in [1.82, 2.24) is 10.2 Å². The highest BCUT2D eigenvalue weighted by atomic mass is 19.1. The lowest BCUT2D eigenvalue weighted by atomic mass is 9.75. The molecule has 1 saturated heterocycles. The van der Waals surface area contributed by atoms with Gasteiger partial charge in [0, 0.05) is 12.2 Å². The van der Waals surface area contributed by atoms with Gasteiger partial charge in [0.2, 0.25) is 11.8 Å². The van der Waals surface area contributed by atoms with Crippen molar-refractivity contribution in [2.45, 2.75) is 44.8 Å². The number of hydrogen-bond donors (Lipinski definition) is 2. The molecule has 41 heavy (non-hydrogen) atoms. The number of hydrogen-bond acceptors (Lipinski definition) is 5. The van der Waals surface area contributed by atoms with Crippen molar-refractivity contribution in [3.05, 3.63) is 90.2 Å². The van der Waals surface area contributed by atoms with E-state index in [1.54, 1.807) is 36.4 Å². The van der Waals surface area contributed by atoms with E-state index in [9.17, 15) is 14.0 Å². The fourth-order valence-corrected chi connectivity index (χ4v) is 5.79. The number of benzene rings is 3. The summed E-state index contributed by atoms with van der Waals surface area (Å²) in [5.41, 5.74) is 1.55. The van der Waals surface area contributed by atoms with Crippen LogP contribution in [-0.2, 0) is 20.9 Å². The van der Waals surface area contributed by atoms with E-state index in [-0.39, 0.29) is 30.8 Å². The van der Waals surface area contributed by atoms with Crippen molar-refractivity contribution in [3.8, 4) is 11.5 Å². The lowest BCUT2D eigenvalue weighted by Gasteiger charge is -2.41. The third-order valence-corrected chi connectivity index (χ3v) is 7.96. The molecule has 8 heteroatoms. The summed E-state index contributed by atoms with van der Waals surface area (Å²) in [4.78, 5) is 28.6. The molecule has 2 N–H and O–H groups in total. The minimum Gasteiger partial charge on any atom is -0.457 e. The van der Waals surface area contributed by atoms with Gasteiger partial charge in [0.1, 0.15) is 23.4 Å². The molecule has 2 fully saturated rings. The van der Waals surface area contributed by atoms with E-state index in [1.807, 2.05) is 30.3 Å². The number of nitrogens with one attached hydrogen (secondary N) is 2. The van der Waals surface area contributed by atoms with Crippen molar-refractivity contribution >= 4 is 17.5 Å². The number of amides is 2. The quantitative estimate of drug-likeness (QED) is 0.312. The van der Waals surface area contributed by atoms with Crippen molar-refractivity contribution in [2.75, 3.05) is 31.6 Å². The predicted octanol–water partition coefficient (Wildman–Crippen LogP) is 5.77. The molecule has 0 spiro atoms. The number of piperidine rings is 1. The highest BCUT2D eigenvalue weighted by Gasteiger charge is 2.32. The van der Waals surface area contributed by atoms with Gasteiger partial charge in [0.05, 0.1) is 19.8 Å². The second kappa shape index (κ2) is 14.2. The zero-order chi connectivity index (χ0) is 28.4. The first kappa shape index (κ1) is 28.8. The SMILES string of the molecule is O=C(CN1CCC2CCCCC2C1)NC(COCc1ccccc1)C(=O)Nc1ccc(Oc2ccc(F)cc2)cc1. The van der Waals surface area contributed by atoms with Crippen LogP contribution in [0.4, 0.5) is 10.1 Å². The van der Waals surface area contributed by atoms with Gasteiger partial charge >= 0.3 is 0 Å². The smallest absolute Gasteiger partial charge is 0.249 e. The maximum Gasteiger partial charge on any atom is 0.249 e. The fraction of sp³-hybridized carbons (Fsp3) is 0.394. The molecule has 216 valence electrons. The summed E-state index contributed by atoms with van der Waals surface area (Å²) >= 11 is 0. The Balaban J connectivity index is 1.17. The largest absolute Gasteiger partial charge is 0.457 e. The lowest BCUT2D eigenvalue weighted by Crippen LogP contribution is -2.51. The van der Waals surface area contributed by atoms with Gasteiger partial charge < -0.3 is 20.1 Å². The minimum absolute atomic E-state index is 0.0446. The van der Waals surface area contributed by atoms with Crippen LogP contribution in [0.3, 0.4) is 0 Å². The molecule has 0 radical (unpaired) electrons. The first-order valence-corrected chi connectivity index (χ1v) is 14.5. The Labute approximate surface area is 241 Å². The van der Waals surface area contributed by atoms with Crippen LogP contribution in [0.25, 0.3) is 0 Å². The van der Waals surface area contributed by atoms with E-state index < -0.39 is 6.04 Å². The van der Waals surface area contributed by atoms with Crippen molar-refractivity contribution < 1.29 is 23.5 Å². The van der Waals surface area contributed by atoms with Crippen LogP contribution in [0, 0.1) is 17.7 Å². The molecule has 2 amide bonds. The van der Waals surface area contributed by atoms with E-state index in [0.717, 1.165) is 31.0 Å². The van der Waals surface area contributed by atoms with Crippen LogP contribution in [0.1, 0.15) is 37.7 Å². The summed E-state index contributed by atoms with van der Waals surface area (Å²) in [6.45, 7) is 2.53. The molecule has 1 aliphatic carbocycles. The lowest BCUT2D eigenvalue weighted by molar-refractivity contribution is -0.129. The third kappa shape index (κ3) is 8.62. The Kier molecular flexibility index (Phi) is 9.99. The topological polar surface area (TPSA) is 79.9 Å². The summed E-state index contributed by atoms with van der Waals surface area (Å²) in [6, 6.07) is 21.5. The normalized spacial score (nSPS) is 19.5. The van der Waals surface area contributed by atoms with Gasteiger partial charge in [-0.05, 0) is 85.3 Å². The van der Waals surface area contributed by atoms with Crippen LogP contribution in [0.5, 0.6) is 11.5 Å². The van der Waals surface area contributed by atoms with Gasteiger partial charge in [-0.15, -0.1) is 0 Å². The van der Waals surface area contributed by atoms with E-state index in [1.165, 1.54) is 37.8 Å². The van der Waals surface area contributed by atoms with Crippen molar-refractivity contribution in [1.29, 1.82) is 0 Å². The molecule has 3 aromatic rings. The Morgan fingerprint density at radius 2 is 1.56 bits per heavy atom. The molecule has 1 saturated carbocycles. The third-order valence-electron chi connectivity index (χ3n) is 7.96. The number of ether oxygens (including phenoxy) is 2. The zero-order valence-corrected chi connectivity index (χ0v) is 23.3. The number of rotatable bonds is 11. The van der Waals surface area contributed by atoms with Crippen LogP contribution in [0.2, 0.25) is 0 Å². The number of likely N-dealkylation sites (tertiary alicyclic amines) is 1. The molecule has 3 unspecified atom stereocenters. The van der Waals surface area contributed by atoms with E-state index >= 15 is 0 Å². The minimum atomic E-state index is -0.853. The summed E-state index contributed by atoms with van der Waals surface area (Å²) in [6.07, 6.45) is 6.30. The highest BCUT2D eigenvalue weighted by Crippen LogP contribution is 2.35. The summed E-state index contributed by atoms with van der Waals surface area (Å²) < 4.78 is 24.7. The average molecular weight is 560 g/mol. The molecule has 0 bridgehead atoms. The highest BCUT2D eigenvalue weighted by molar-refractivity contribution is 5.97. The fourth-order valence-electron chi connectivity index (χ4n) is 5.79. The van der Waals surface area contributed by atoms with Gasteiger partial charge in [-0.1, -0.05) is 49.6 Å². The molecule has 3 aromatic carbocycles. The number of anilines is 1. The van der Waals surface area contributed by atoms with Crippen molar-refractivity contribution in [2.24, 2.45) is 11.8 Å². The number of carbonyl (C=O) groups is 2. The summed E-state index contributed by atoms with van der Waals surface area (Å²) in [5.74, 6) is 1.66. The standard InChI is InChI=1S/C33H38FN3O4/c34-27-10-14-29(15-11-27)41-30-16-12-28(13-17-30)35-33(39)31(23-40-22-24-6-2-1-3-7-24)36-32(38)21-37-19-18-25-8-4-5-9-26(25)20-37/h1-3,6-7,10-17,25-26,31H,4-5,8-9,18-23H2,(H,35,39)(H,36,38). The van der Waals surface area contributed by atoms with Crippen LogP contribution < -0.4 is 15.4 Å². The van der Waals surface area contributed by atoms with Gasteiger partial charge in [-0.2, -0.15) is 0 Å². The van der Waals surface area contributed by atoms with Crippen LogP contribution in [-0.4, -0.2) is 49.0 Å². The number of nitrogens with zero attached hydrogens (tertiary/aromatic N) is 1. The van der Waals surface area contributed by atoms with Gasteiger partial charge in [0.15, 0.2) is 0 Å². The molecule has 5 rings (SSSR count). The first-order valence-electron chi connectivity index (χ1n) is 14.5. The summed E-state index contributed by atoms with van der Waals surface area (Å²) in [5, 5.41) is 5.80. The number of halogens is 1. The Bertz CT molecular complexity index is 1270. The number of carbonyl (C=O) groups excluding carboxylic acids is 2. The van der Waals surface area contributed by atoms with E-state index in [4.69, 9.17) is 9.47 Å². The maximum absolute atomic E-state index is 13.3. The Hall–Kier alpha value is -3.75. The van der Waals surface area contributed by atoms with Gasteiger partial charge in [-0.3, -0.25) is 14.5 Å². The van der Waals surface area contributed by atoms with Crippen LogP contribution >= 0.6 is 0 Å². The van der Waals surface area contributed by atoms with Crippen LogP contribution in [0.15, 0.2) is 78.9 Å². The van der Waals surface area contributed by atoms with Gasteiger partial charge in [-0.25, -0.2) is 4.39 Å². The molecule has 1 aliphatic heterocycles. The maximum atomic E-state index is 13.3. The van der Waals surface area contributed by atoms with E-state index in [2.05, 4.69) is 15.5 Å². The molecule has 2 aliphatic rings. The molecule has 3 atom stereocenters.